The molecule has 3 heterocycles. The maximum Gasteiger partial charge on any atom is 1.00 e. The van der Waals surface area contributed by atoms with E-state index in [4.69, 9.17) is 10.5 Å². The Morgan fingerprint density at radius 2 is 2.03 bits per heavy atom. The van der Waals surface area contributed by atoms with Gasteiger partial charge in [0.05, 0.1) is 20.8 Å². The van der Waals surface area contributed by atoms with Crippen LogP contribution in [0.25, 0.3) is 11.2 Å². The smallest absolute Gasteiger partial charge is 0.790 e. The minimum absolute atomic E-state index is 0. The zero-order valence-corrected chi connectivity index (χ0v) is 21.9. The number of nitrogens with zero attached hydrogens (tertiary/aromatic N) is 4. The van der Waals surface area contributed by atoms with Crippen LogP contribution >= 0.6 is 7.82 Å². The monoisotopic (exact) mass is 462 g/mol. The van der Waals surface area contributed by atoms with Crippen molar-refractivity contribution in [1.29, 1.82) is 0 Å². The van der Waals surface area contributed by atoms with E-state index in [0.717, 1.165) is 12.8 Å². The molecule has 0 aliphatic carbocycles. The number of fused-ring (bicyclic) bond motifs is 1. The summed E-state index contributed by atoms with van der Waals surface area (Å²) in [6, 6.07) is 0. The largest absolute Gasteiger partial charge is 1.00 e. The Balaban J connectivity index is 0.00000225. The molecule has 2 aromatic heterocycles. The second kappa shape index (κ2) is 11.8. The van der Waals surface area contributed by atoms with Crippen LogP contribution in [0.1, 0.15) is 26.0 Å². The molecule has 30 heavy (non-hydrogen) atoms. The summed E-state index contributed by atoms with van der Waals surface area (Å²) >= 11 is 0. The zero-order chi connectivity index (χ0) is 20.5. The Bertz CT molecular complexity index is 884. The molecule has 16 heteroatoms. The van der Waals surface area contributed by atoms with Crippen LogP contribution in [0.4, 0.5) is 11.8 Å². The molecule has 0 radical (unpaired) electrons. The topological polar surface area (TPSA) is 204 Å². The molecule has 0 bridgehead atoms. The van der Waals surface area contributed by atoms with E-state index < -0.39 is 39.0 Å². The van der Waals surface area contributed by atoms with Crippen molar-refractivity contribution >= 4 is 30.8 Å². The molecule has 156 valence electrons. The van der Waals surface area contributed by atoms with Gasteiger partial charge in [-0.2, -0.15) is 9.97 Å². The fourth-order valence-corrected chi connectivity index (χ4v) is 3.17. The van der Waals surface area contributed by atoms with E-state index in [1.807, 2.05) is 6.92 Å². The van der Waals surface area contributed by atoms with Crippen molar-refractivity contribution in [3.8, 4) is 0 Å². The number of hydrogen-bond acceptors (Lipinski definition) is 12. The fourth-order valence-electron chi connectivity index (χ4n) is 2.84. The number of rotatable bonds is 8. The van der Waals surface area contributed by atoms with Crippen LogP contribution in [-0.2, 0) is 13.8 Å². The van der Waals surface area contributed by atoms with Crippen molar-refractivity contribution in [2.45, 2.75) is 44.3 Å². The van der Waals surface area contributed by atoms with Crippen LogP contribution in [0.5, 0.6) is 0 Å². The average Bonchev–Trinajstić information content (AvgIpc) is 3.15. The zero-order valence-electron chi connectivity index (χ0n) is 17.0. The Morgan fingerprint density at radius 1 is 1.33 bits per heavy atom. The summed E-state index contributed by atoms with van der Waals surface area (Å²) in [6.45, 7) is 1.95. The molecule has 13 nitrogen and oxygen atoms in total. The Morgan fingerprint density at radius 3 is 2.67 bits per heavy atom. The van der Waals surface area contributed by atoms with E-state index in [1.165, 1.54) is 10.9 Å². The van der Waals surface area contributed by atoms with Gasteiger partial charge in [0.2, 0.25) is 5.95 Å². The second-order valence-corrected chi connectivity index (χ2v) is 7.48. The third-order valence-electron chi connectivity index (χ3n) is 4.27. The number of hydrogen-bond donors (Lipinski definition) is 4. The predicted octanol–water partition coefficient (Wildman–Crippen LogP) is -7.91. The number of aliphatic hydroxyl groups is 2. The summed E-state index contributed by atoms with van der Waals surface area (Å²) in [7, 11) is -5.25. The standard InChI is InChI=1S/C14H23N6O7P.2Na/c1-2-3-4-16-14-18-11(15)8-12(19-14)20(6-17-8)13-10(22)9(21)7(27-13)5-26-28(23,24)25;;/h6-7,9-10,13,21-22H,2-5H2,1H3,(H2,23,24,25)(H3,15,16,18,19);;/q;2*+1/p-2/t7-,9-,10-,13?;;/m1../s1. The van der Waals surface area contributed by atoms with Crippen LogP contribution < -0.4 is 80.0 Å². The van der Waals surface area contributed by atoms with Gasteiger partial charge in [-0.1, -0.05) is 13.3 Å². The molecule has 2 aromatic rings. The molecule has 5 N–H and O–H groups in total. The summed E-state index contributed by atoms with van der Waals surface area (Å²) < 4.78 is 21.6. The molecule has 0 spiro atoms. The second-order valence-electron chi connectivity index (χ2n) is 6.33. The van der Waals surface area contributed by atoms with E-state index in [1.54, 1.807) is 0 Å². The van der Waals surface area contributed by atoms with Crippen molar-refractivity contribution in [1.82, 2.24) is 19.5 Å². The number of aromatic nitrogens is 4. The first-order valence-corrected chi connectivity index (χ1v) is 10.1. The van der Waals surface area contributed by atoms with E-state index in [2.05, 4.69) is 24.8 Å². The van der Waals surface area contributed by atoms with Crippen LogP contribution in [-0.4, -0.2) is 61.2 Å². The molecule has 0 aromatic carbocycles. The number of anilines is 2. The van der Waals surface area contributed by atoms with Crippen molar-refractivity contribution in [3.05, 3.63) is 6.33 Å². The molecule has 0 saturated carbocycles. The SMILES string of the molecule is CCCCNc1nc(N)c2ncn(C3O[C@H](COP(=O)([O-])[O-])[C@@H](O)[C@H]3O)c2n1.[Na+].[Na+]. The van der Waals surface area contributed by atoms with Gasteiger partial charge in [0.1, 0.15) is 23.8 Å². The van der Waals surface area contributed by atoms with Crippen LogP contribution in [0.2, 0.25) is 0 Å². The maximum atomic E-state index is 10.6. The quantitative estimate of drug-likeness (QED) is 0.164. The Hall–Kier alpha value is 0.140. The van der Waals surface area contributed by atoms with Crippen LogP contribution in [0.15, 0.2) is 6.33 Å². The number of aliphatic hydroxyl groups excluding tert-OH is 2. The average molecular weight is 462 g/mol. The van der Waals surface area contributed by atoms with E-state index in [-0.39, 0.29) is 82.0 Å². The van der Waals surface area contributed by atoms with Crippen molar-refractivity contribution in [3.63, 3.8) is 0 Å². The first-order valence-electron chi connectivity index (χ1n) is 8.63. The van der Waals surface area contributed by atoms with E-state index in [0.29, 0.717) is 6.54 Å². The molecule has 0 amide bonds. The summed E-state index contributed by atoms with van der Waals surface area (Å²) in [4.78, 5) is 33.8. The number of ether oxygens (including phenoxy) is 1. The summed E-state index contributed by atoms with van der Waals surface area (Å²) in [5.41, 5.74) is 6.44. The van der Waals surface area contributed by atoms with Crippen molar-refractivity contribution in [2.24, 2.45) is 0 Å². The van der Waals surface area contributed by atoms with Gasteiger partial charge in [-0.05, 0) is 6.42 Å². The molecule has 1 aliphatic heterocycles. The third-order valence-corrected chi connectivity index (χ3v) is 4.74. The molecular weight excluding hydrogens is 441 g/mol. The molecule has 1 aliphatic rings. The Labute approximate surface area is 216 Å². The van der Waals surface area contributed by atoms with Crippen molar-refractivity contribution < 1.29 is 92.9 Å². The number of nitrogen functional groups attached to an aromatic ring is 1. The Kier molecular flexibility index (Phi) is 11.1. The van der Waals surface area contributed by atoms with Crippen LogP contribution in [0.3, 0.4) is 0 Å². The van der Waals surface area contributed by atoms with Gasteiger partial charge in [0.25, 0.3) is 0 Å². The van der Waals surface area contributed by atoms with Gasteiger partial charge in [0.15, 0.2) is 17.7 Å². The fraction of sp³-hybridized carbons (Fsp3) is 0.643. The molecule has 1 unspecified atom stereocenters. The molecule has 1 saturated heterocycles. The van der Waals surface area contributed by atoms with Gasteiger partial charge in [0, 0.05) is 6.54 Å². The van der Waals surface area contributed by atoms with Gasteiger partial charge in [-0.15, -0.1) is 0 Å². The minimum Gasteiger partial charge on any atom is -0.790 e. The summed E-state index contributed by atoms with van der Waals surface area (Å²) in [6.07, 6.45) is -2.14. The van der Waals surface area contributed by atoms with Gasteiger partial charge >= 0.3 is 59.1 Å². The molecule has 4 atom stereocenters. The molecule has 1 fully saturated rings. The number of phosphoric acid groups is 1. The van der Waals surface area contributed by atoms with Gasteiger partial charge in [-0.25, -0.2) is 4.98 Å². The van der Waals surface area contributed by atoms with Gasteiger partial charge in [-0.3, -0.25) is 4.57 Å². The number of unbranched alkanes of at least 4 members (excludes halogenated alkanes) is 1. The molecule has 3 rings (SSSR count). The summed E-state index contributed by atoms with van der Waals surface area (Å²) in [5.74, 6) is 0.390. The number of nitrogens with one attached hydrogen (secondary N) is 1. The first-order chi connectivity index (χ1) is 13.2. The van der Waals surface area contributed by atoms with Gasteiger partial charge < -0.3 is 44.9 Å². The number of nitrogens with two attached hydrogens (primary N) is 1. The maximum absolute atomic E-state index is 10.6. The first kappa shape index (κ1) is 28.2. The summed E-state index contributed by atoms with van der Waals surface area (Å²) in [5, 5.41) is 23.4. The third kappa shape index (κ3) is 6.58. The van der Waals surface area contributed by atoms with E-state index >= 15 is 0 Å². The number of phosphoric ester groups is 1. The normalized spacial score (nSPS) is 23.8. The van der Waals surface area contributed by atoms with Crippen molar-refractivity contribution in [2.75, 3.05) is 24.2 Å². The number of imidazole rings is 1. The van der Waals surface area contributed by atoms with E-state index in [9.17, 15) is 24.6 Å². The van der Waals surface area contributed by atoms with Crippen LogP contribution in [0, 0.1) is 0 Å². The minimum atomic E-state index is -5.25. The molecular formula is C14H21N6Na2O7P. The predicted molar refractivity (Wildman–Crippen MR) is 92.6 cm³/mol.